The van der Waals surface area contributed by atoms with Gasteiger partial charge >= 0.3 is 0 Å². The minimum absolute atomic E-state index is 0. The second-order valence-electron chi connectivity index (χ2n) is 5.03. The van der Waals surface area contributed by atoms with Crippen LogP contribution in [0.15, 0.2) is 35.6 Å². The van der Waals surface area contributed by atoms with E-state index in [4.69, 9.17) is 23.2 Å². The lowest BCUT2D eigenvalue weighted by Crippen LogP contribution is -2.37. The van der Waals surface area contributed by atoms with Crippen molar-refractivity contribution in [2.24, 2.45) is 12.0 Å². The molecule has 0 aliphatic rings. The number of aryl methyl sites for hydroxylation is 1. The van der Waals surface area contributed by atoms with Gasteiger partial charge in [0.05, 0.1) is 16.2 Å². The van der Waals surface area contributed by atoms with Gasteiger partial charge in [-0.3, -0.25) is 9.67 Å². The molecular weight excluding hydrogens is 448 g/mol. The molecule has 8 heteroatoms. The quantitative estimate of drug-likeness (QED) is 0.425. The molecule has 1 aromatic carbocycles. The van der Waals surface area contributed by atoms with Crippen LogP contribution in [0.3, 0.4) is 0 Å². The topological polar surface area (TPSA) is 45.5 Å². The smallest absolute Gasteiger partial charge is 0.193 e. The summed E-state index contributed by atoms with van der Waals surface area (Å²) in [6.45, 7) is 1.36. The van der Waals surface area contributed by atoms with Crippen LogP contribution in [0.4, 0.5) is 0 Å². The van der Waals surface area contributed by atoms with E-state index in [9.17, 15) is 0 Å². The van der Waals surface area contributed by atoms with Gasteiger partial charge in [0.1, 0.15) is 0 Å². The molecule has 0 saturated heterocycles. The van der Waals surface area contributed by atoms with E-state index in [-0.39, 0.29) is 24.0 Å². The predicted octanol–water partition coefficient (Wildman–Crippen LogP) is 3.55. The molecule has 0 saturated carbocycles. The van der Waals surface area contributed by atoms with Crippen LogP contribution in [0.5, 0.6) is 0 Å². The minimum atomic E-state index is 0. The van der Waals surface area contributed by atoms with Gasteiger partial charge in [-0.05, 0) is 17.7 Å². The van der Waals surface area contributed by atoms with Gasteiger partial charge in [0.15, 0.2) is 5.96 Å². The maximum Gasteiger partial charge on any atom is 0.193 e. The summed E-state index contributed by atoms with van der Waals surface area (Å²) in [7, 11) is 5.63. The van der Waals surface area contributed by atoms with E-state index in [2.05, 4.69) is 15.4 Å². The summed E-state index contributed by atoms with van der Waals surface area (Å²) in [4.78, 5) is 6.31. The average molecular weight is 468 g/mol. The van der Waals surface area contributed by atoms with Crippen molar-refractivity contribution >= 4 is 53.1 Å². The van der Waals surface area contributed by atoms with Crippen LogP contribution < -0.4 is 5.32 Å². The Bertz CT molecular complexity index is 672. The van der Waals surface area contributed by atoms with Crippen molar-refractivity contribution < 1.29 is 0 Å². The molecule has 23 heavy (non-hydrogen) atoms. The van der Waals surface area contributed by atoms with Crippen molar-refractivity contribution in [1.82, 2.24) is 20.0 Å². The minimum Gasteiger partial charge on any atom is -0.352 e. The first-order valence-electron chi connectivity index (χ1n) is 6.83. The number of hydrogen-bond donors (Lipinski definition) is 1. The largest absolute Gasteiger partial charge is 0.352 e. The van der Waals surface area contributed by atoms with Gasteiger partial charge in [-0.1, -0.05) is 29.3 Å². The summed E-state index contributed by atoms with van der Waals surface area (Å²) in [5, 5.41) is 8.58. The highest BCUT2D eigenvalue weighted by Crippen LogP contribution is 2.23. The van der Waals surface area contributed by atoms with Gasteiger partial charge in [0, 0.05) is 46.0 Å². The number of halogens is 3. The average Bonchev–Trinajstić information content (AvgIpc) is 2.89. The first-order chi connectivity index (χ1) is 10.5. The molecule has 2 rings (SSSR count). The van der Waals surface area contributed by atoms with Crippen LogP contribution >= 0.6 is 47.2 Å². The zero-order chi connectivity index (χ0) is 16.1. The standard InChI is InChI=1S/C15H19Cl2N5.HI/c1-18-15(19-7-12-8-20-22(3)10-12)21(2)9-11-4-5-13(16)14(17)6-11;/h4-6,8,10H,7,9H2,1-3H3,(H,18,19);1H. The summed E-state index contributed by atoms with van der Waals surface area (Å²) in [5.41, 5.74) is 2.17. The molecule has 126 valence electrons. The van der Waals surface area contributed by atoms with Gasteiger partial charge in [0.25, 0.3) is 0 Å². The van der Waals surface area contributed by atoms with Crippen LogP contribution in [-0.4, -0.2) is 34.7 Å². The predicted molar refractivity (Wildman–Crippen MR) is 107 cm³/mol. The van der Waals surface area contributed by atoms with E-state index < -0.39 is 0 Å². The van der Waals surface area contributed by atoms with Crippen molar-refractivity contribution in [1.29, 1.82) is 0 Å². The number of nitrogens with zero attached hydrogens (tertiary/aromatic N) is 4. The third kappa shape index (κ3) is 5.86. The summed E-state index contributed by atoms with van der Waals surface area (Å²) in [6.07, 6.45) is 3.80. The van der Waals surface area contributed by atoms with Crippen molar-refractivity contribution in [2.75, 3.05) is 14.1 Å². The fraction of sp³-hybridized carbons (Fsp3) is 0.333. The molecule has 0 atom stereocenters. The van der Waals surface area contributed by atoms with E-state index >= 15 is 0 Å². The second-order valence-corrected chi connectivity index (χ2v) is 5.84. The molecule has 0 unspecified atom stereocenters. The molecule has 5 nitrogen and oxygen atoms in total. The fourth-order valence-corrected chi connectivity index (χ4v) is 2.44. The van der Waals surface area contributed by atoms with E-state index in [0.29, 0.717) is 23.1 Å². The number of rotatable bonds is 4. The molecule has 0 radical (unpaired) electrons. The lowest BCUT2D eigenvalue weighted by atomic mass is 10.2. The lowest BCUT2D eigenvalue weighted by Gasteiger charge is -2.22. The molecule has 0 spiro atoms. The highest BCUT2D eigenvalue weighted by Gasteiger charge is 2.08. The zero-order valence-corrected chi connectivity index (χ0v) is 17.1. The van der Waals surface area contributed by atoms with Crippen LogP contribution in [-0.2, 0) is 20.1 Å². The Labute approximate surface area is 163 Å². The molecule has 1 heterocycles. The second kappa shape index (κ2) is 9.34. The maximum atomic E-state index is 6.05. The van der Waals surface area contributed by atoms with E-state index in [1.54, 1.807) is 17.8 Å². The number of aromatic nitrogens is 2. The number of aliphatic imine (C=N–C) groups is 1. The molecule has 0 aliphatic carbocycles. The molecule has 0 fully saturated rings. The van der Waals surface area contributed by atoms with Gasteiger partial charge < -0.3 is 10.2 Å². The van der Waals surface area contributed by atoms with Crippen LogP contribution in [0.2, 0.25) is 10.0 Å². The molecule has 2 aromatic rings. The van der Waals surface area contributed by atoms with Gasteiger partial charge in [-0.15, -0.1) is 24.0 Å². The number of nitrogens with one attached hydrogen (secondary N) is 1. The highest BCUT2D eigenvalue weighted by molar-refractivity contribution is 14.0. The molecule has 0 amide bonds. The van der Waals surface area contributed by atoms with Gasteiger partial charge in [-0.25, -0.2) is 0 Å². The van der Waals surface area contributed by atoms with Gasteiger partial charge in [0.2, 0.25) is 0 Å². The summed E-state index contributed by atoms with van der Waals surface area (Å²) < 4.78 is 1.78. The Morgan fingerprint density at radius 3 is 2.61 bits per heavy atom. The van der Waals surface area contributed by atoms with Crippen LogP contribution in [0.1, 0.15) is 11.1 Å². The molecule has 1 N–H and O–H groups in total. The third-order valence-corrected chi connectivity index (χ3v) is 3.93. The van der Waals surface area contributed by atoms with Gasteiger partial charge in [-0.2, -0.15) is 5.10 Å². The van der Waals surface area contributed by atoms with Crippen molar-refractivity contribution in [3.8, 4) is 0 Å². The highest BCUT2D eigenvalue weighted by atomic mass is 127. The zero-order valence-electron chi connectivity index (χ0n) is 13.3. The third-order valence-electron chi connectivity index (χ3n) is 3.19. The van der Waals surface area contributed by atoms with Crippen molar-refractivity contribution in [2.45, 2.75) is 13.1 Å². The first kappa shape index (κ1) is 20.1. The van der Waals surface area contributed by atoms with E-state index in [1.807, 2.05) is 43.5 Å². The first-order valence-corrected chi connectivity index (χ1v) is 7.58. The maximum absolute atomic E-state index is 6.05. The fourth-order valence-electron chi connectivity index (χ4n) is 2.12. The van der Waals surface area contributed by atoms with Crippen molar-refractivity contribution in [3.63, 3.8) is 0 Å². The number of benzene rings is 1. The Morgan fingerprint density at radius 2 is 2.04 bits per heavy atom. The molecular formula is C15H20Cl2IN5. The Morgan fingerprint density at radius 1 is 1.30 bits per heavy atom. The monoisotopic (exact) mass is 467 g/mol. The Hall–Kier alpha value is -0.990. The van der Waals surface area contributed by atoms with Crippen LogP contribution in [0, 0.1) is 0 Å². The normalized spacial score (nSPS) is 11.1. The lowest BCUT2D eigenvalue weighted by molar-refractivity contribution is 0.476. The summed E-state index contributed by atoms with van der Waals surface area (Å²) in [6, 6.07) is 5.63. The Balaban J connectivity index is 0.00000264. The summed E-state index contributed by atoms with van der Waals surface area (Å²) in [5.74, 6) is 0.801. The number of guanidine groups is 1. The molecule has 0 aliphatic heterocycles. The molecule has 1 aromatic heterocycles. The SMILES string of the molecule is CN=C(NCc1cnn(C)c1)N(C)Cc1ccc(Cl)c(Cl)c1.I. The number of hydrogen-bond acceptors (Lipinski definition) is 2. The summed E-state index contributed by atoms with van der Waals surface area (Å²) >= 11 is 12.0. The van der Waals surface area contributed by atoms with E-state index in [0.717, 1.165) is 17.1 Å². The van der Waals surface area contributed by atoms with Crippen molar-refractivity contribution in [3.05, 3.63) is 51.8 Å². The molecule has 0 bridgehead atoms. The van der Waals surface area contributed by atoms with Crippen LogP contribution in [0.25, 0.3) is 0 Å². The van der Waals surface area contributed by atoms with E-state index in [1.165, 1.54) is 0 Å². The Kier molecular flexibility index (Phi) is 8.15.